The molecule has 0 aromatic carbocycles. The molecule has 1 rings (SSSR count). The van der Waals surface area contributed by atoms with Gasteiger partial charge in [0.25, 0.3) is 0 Å². The van der Waals surface area contributed by atoms with E-state index in [4.69, 9.17) is 5.11 Å². The molecule has 6 heteroatoms. The number of unbranched alkanes of at least 4 members (excludes halogenated alkanes) is 1. The molecule has 1 fully saturated rings. The van der Waals surface area contributed by atoms with Gasteiger partial charge in [-0.05, 0) is 31.6 Å². The zero-order valence-electron chi connectivity index (χ0n) is 12.7. The molecule has 0 atom stereocenters. The number of amides is 2. The lowest BCUT2D eigenvalue weighted by atomic mass is 9.79. The van der Waals surface area contributed by atoms with Gasteiger partial charge in [0.05, 0.1) is 6.54 Å². The third kappa shape index (κ3) is 7.11. The van der Waals surface area contributed by atoms with Crippen LogP contribution >= 0.6 is 0 Å². The van der Waals surface area contributed by atoms with Crippen LogP contribution in [0.2, 0.25) is 0 Å². The summed E-state index contributed by atoms with van der Waals surface area (Å²) in [5.41, 5.74) is 0. The second kappa shape index (κ2) is 9.37. The Labute approximate surface area is 125 Å². The van der Waals surface area contributed by atoms with Crippen molar-refractivity contribution >= 4 is 17.8 Å². The van der Waals surface area contributed by atoms with Crippen LogP contribution in [0.3, 0.4) is 0 Å². The maximum atomic E-state index is 12.0. The predicted molar refractivity (Wildman–Crippen MR) is 78.6 cm³/mol. The summed E-state index contributed by atoms with van der Waals surface area (Å²) in [6.45, 7) is 1.62. The first-order valence-electron chi connectivity index (χ1n) is 7.79. The number of hydrogen-bond donors (Lipinski definition) is 3. The SMILES string of the molecule is CCCCC1CCC(C(=O)NCC(=O)NCC(=O)O)CC1. The van der Waals surface area contributed by atoms with Gasteiger partial charge in [0.2, 0.25) is 11.8 Å². The fraction of sp³-hybridized carbons (Fsp3) is 0.800. The van der Waals surface area contributed by atoms with Crippen LogP contribution in [0, 0.1) is 11.8 Å². The minimum absolute atomic E-state index is 0.00449. The lowest BCUT2D eigenvalue weighted by molar-refractivity contribution is -0.137. The fourth-order valence-corrected chi connectivity index (χ4v) is 2.75. The second-order valence-corrected chi connectivity index (χ2v) is 5.75. The van der Waals surface area contributed by atoms with E-state index in [9.17, 15) is 14.4 Å². The molecule has 0 aromatic heterocycles. The van der Waals surface area contributed by atoms with Crippen LogP contribution in [0.4, 0.5) is 0 Å². The Morgan fingerprint density at radius 2 is 1.71 bits per heavy atom. The standard InChI is InChI=1S/C15H26N2O4/c1-2-3-4-11-5-7-12(8-6-11)15(21)17-9-13(18)16-10-14(19)20/h11-12H,2-10H2,1H3,(H,16,18)(H,17,21)(H,19,20). The first kappa shape index (κ1) is 17.5. The van der Waals surface area contributed by atoms with Crippen molar-refractivity contribution in [2.45, 2.75) is 51.9 Å². The quantitative estimate of drug-likeness (QED) is 0.629. The van der Waals surface area contributed by atoms with Crippen LogP contribution in [-0.4, -0.2) is 36.0 Å². The third-order valence-electron chi connectivity index (χ3n) is 4.04. The Morgan fingerprint density at radius 1 is 1.05 bits per heavy atom. The average molecular weight is 298 g/mol. The molecule has 0 unspecified atom stereocenters. The molecule has 0 saturated heterocycles. The number of nitrogens with one attached hydrogen (secondary N) is 2. The molecule has 6 nitrogen and oxygen atoms in total. The largest absolute Gasteiger partial charge is 0.480 e. The lowest BCUT2D eigenvalue weighted by Gasteiger charge is -2.27. The Hall–Kier alpha value is -1.59. The molecule has 0 radical (unpaired) electrons. The van der Waals surface area contributed by atoms with Crippen LogP contribution in [-0.2, 0) is 14.4 Å². The van der Waals surface area contributed by atoms with E-state index in [0.29, 0.717) is 0 Å². The van der Waals surface area contributed by atoms with E-state index in [0.717, 1.165) is 31.6 Å². The van der Waals surface area contributed by atoms with Crippen LogP contribution in [0.1, 0.15) is 51.9 Å². The molecule has 1 aliphatic carbocycles. The highest BCUT2D eigenvalue weighted by Gasteiger charge is 2.26. The van der Waals surface area contributed by atoms with Crippen LogP contribution in [0.25, 0.3) is 0 Å². The van der Waals surface area contributed by atoms with Crippen molar-refractivity contribution in [3.63, 3.8) is 0 Å². The predicted octanol–water partition coefficient (Wildman–Crippen LogP) is 1.30. The number of aliphatic carboxylic acids is 1. The Morgan fingerprint density at radius 3 is 2.29 bits per heavy atom. The molecular formula is C15H26N2O4. The minimum atomic E-state index is -1.10. The van der Waals surface area contributed by atoms with E-state index in [2.05, 4.69) is 17.6 Å². The summed E-state index contributed by atoms with van der Waals surface area (Å²) in [6, 6.07) is 0. The van der Waals surface area contributed by atoms with E-state index < -0.39 is 18.4 Å². The maximum Gasteiger partial charge on any atom is 0.322 e. The van der Waals surface area contributed by atoms with E-state index in [-0.39, 0.29) is 18.4 Å². The molecule has 21 heavy (non-hydrogen) atoms. The van der Waals surface area contributed by atoms with Crippen molar-refractivity contribution in [2.24, 2.45) is 11.8 Å². The first-order valence-corrected chi connectivity index (χ1v) is 7.79. The highest BCUT2D eigenvalue weighted by molar-refractivity contribution is 5.87. The molecule has 0 aromatic rings. The van der Waals surface area contributed by atoms with Crippen LogP contribution in [0.5, 0.6) is 0 Å². The van der Waals surface area contributed by atoms with Gasteiger partial charge in [-0.15, -0.1) is 0 Å². The smallest absolute Gasteiger partial charge is 0.322 e. The topological polar surface area (TPSA) is 95.5 Å². The molecule has 0 spiro atoms. The van der Waals surface area contributed by atoms with Crippen molar-refractivity contribution < 1.29 is 19.5 Å². The molecule has 1 saturated carbocycles. The summed E-state index contributed by atoms with van der Waals surface area (Å²) in [6.07, 6.45) is 7.67. The summed E-state index contributed by atoms with van der Waals surface area (Å²) in [4.78, 5) is 33.6. The monoisotopic (exact) mass is 298 g/mol. The Bertz CT molecular complexity index is 363. The maximum absolute atomic E-state index is 12.0. The van der Waals surface area contributed by atoms with Crippen LogP contribution < -0.4 is 10.6 Å². The molecule has 1 aliphatic rings. The molecule has 120 valence electrons. The van der Waals surface area contributed by atoms with Gasteiger partial charge < -0.3 is 15.7 Å². The van der Waals surface area contributed by atoms with Crippen molar-refractivity contribution in [2.75, 3.05) is 13.1 Å². The molecule has 3 N–H and O–H groups in total. The van der Waals surface area contributed by atoms with Gasteiger partial charge in [0.1, 0.15) is 6.54 Å². The lowest BCUT2D eigenvalue weighted by Crippen LogP contribution is -2.41. The molecule has 0 bridgehead atoms. The van der Waals surface area contributed by atoms with Gasteiger partial charge in [0.15, 0.2) is 0 Å². The third-order valence-corrected chi connectivity index (χ3v) is 4.04. The highest BCUT2D eigenvalue weighted by atomic mass is 16.4. The van der Waals surface area contributed by atoms with E-state index >= 15 is 0 Å². The number of carboxylic acids is 1. The summed E-state index contributed by atoms with van der Waals surface area (Å²) in [5, 5.41) is 13.2. The van der Waals surface area contributed by atoms with Crippen molar-refractivity contribution in [3.8, 4) is 0 Å². The Kier molecular flexibility index (Phi) is 7.79. The second-order valence-electron chi connectivity index (χ2n) is 5.75. The Balaban J connectivity index is 2.19. The van der Waals surface area contributed by atoms with Crippen molar-refractivity contribution in [1.29, 1.82) is 0 Å². The summed E-state index contributed by atoms with van der Waals surface area (Å²) in [7, 11) is 0. The van der Waals surface area contributed by atoms with Gasteiger partial charge in [-0.25, -0.2) is 0 Å². The van der Waals surface area contributed by atoms with Gasteiger partial charge in [-0.2, -0.15) is 0 Å². The van der Waals surface area contributed by atoms with Gasteiger partial charge in [-0.3, -0.25) is 14.4 Å². The fourth-order valence-electron chi connectivity index (χ4n) is 2.75. The highest BCUT2D eigenvalue weighted by Crippen LogP contribution is 2.31. The molecule has 2 amide bonds. The van der Waals surface area contributed by atoms with Gasteiger partial charge in [-0.1, -0.05) is 26.2 Å². The molecule has 0 heterocycles. The molecule has 0 aliphatic heterocycles. The van der Waals surface area contributed by atoms with Crippen molar-refractivity contribution in [3.05, 3.63) is 0 Å². The van der Waals surface area contributed by atoms with E-state index in [1.165, 1.54) is 19.3 Å². The number of rotatable bonds is 8. The zero-order valence-corrected chi connectivity index (χ0v) is 12.7. The first-order chi connectivity index (χ1) is 10.0. The number of carbonyl (C=O) groups excluding carboxylic acids is 2. The summed E-state index contributed by atoms with van der Waals surface area (Å²) < 4.78 is 0. The van der Waals surface area contributed by atoms with Gasteiger partial charge >= 0.3 is 5.97 Å². The number of hydrogen-bond acceptors (Lipinski definition) is 3. The average Bonchev–Trinajstić information content (AvgIpc) is 2.49. The number of carboxylic acid groups (broad SMARTS) is 1. The van der Waals surface area contributed by atoms with Gasteiger partial charge in [0, 0.05) is 5.92 Å². The normalized spacial score (nSPS) is 21.6. The van der Waals surface area contributed by atoms with E-state index in [1.807, 2.05) is 0 Å². The van der Waals surface area contributed by atoms with Crippen molar-refractivity contribution in [1.82, 2.24) is 10.6 Å². The number of carbonyl (C=O) groups is 3. The zero-order chi connectivity index (χ0) is 15.7. The van der Waals surface area contributed by atoms with Crippen LogP contribution in [0.15, 0.2) is 0 Å². The van der Waals surface area contributed by atoms with E-state index in [1.54, 1.807) is 0 Å². The molecular weight excluding hydrogens is 272 g/mol. The summed E-state index contributed by atoms with van der Waals surface area (Å²) in [5.74, 6) is -0.917. The summed E-state index contributed by atoms with van der Waals surface area (Å²) >= 11 is 0. The minimum Gasteiger partial charge on any atom is -0.480 e.